The van der Waals surface area contributed by atoms with Gasteiger partial charge in [-0.15, -0.1) is 10.2 Å². The van der Waals surface area contributed by atoms with Gasteiger partial charge in [-0.3, -0.25) is 9.80 Å². The number of hydrogen-bond donors (Lipinski definition) is 2. The molecule has 5 aromatic rings. The number of hydrogen-bond acceptors (Lipinski definition) is 8. The summed E-state index contributed by atoms with van der Waals surface area (Å²) in [4.78, 5) is 4.98. The van der Waals surface area contributed by atoms with E-state index >= 15 is 0 Å². The zero-order valence-electron chi connectivity index (χ0n) is 21.3. The first kappa shape index (κ1) is 23.4. The summed E-state index contributed by atoms with van der Waals surface area (Å²) in [5.74, 6) is 0. The molecule has 7 rings (SSSR count). The van der Waals surface area contributed by atoms with E-state index in [9.17, 15) is 0 Å². The van der Waals surface area contributed by atoms with Crippen LogP contribution in [0.15, 0.2) is 72.8 Å². The number of fused-ring (bicyclic) bond motifs is 2. The van der Waals surface area contributed by atoms with Crippen LogP contribution >= 0.6 is 0 Å². The lowest BCUT2D eigenvalue weighted by Crippen LogP contribution is -2.47. The maximum Gasteiger partial charge on any atom is 0.132 e. The van der Waals surface area contributed by atoms with E-state index in [2.05, 4.69) is 99.0 Å². The Hall–Kier alpha value is -3.70. The summed E-state index contributed by atoms with van der Waals surface area (Å²) in [5.41, 5.74) is 6.34. The van der Waals surface area contributed by atoms with Crippen molar-refractivity contribution in [1.29, 1.82) is 0 Å². The van der Waals surface area contributed by atoms with Gasteiger partial charge in [0.05, 0.1) is 11.0 Å². The summed E-state index contributed by atoms with van der Waals surface area (Å²) >= 11 is 0. The summed E-state index contributed by atoms with van der Waals surface area (Å²) in [6.45, 7) is 7.67. The summed E-state index contributed by atoms with van der Waals surface area (Å²) in [6.07, 6.45) is -0.0493. The Bertz CT molecular complexity index is 1400. The number of aromatic nitrogens is 6. The fourth-order valence-electron chi connectivity index (χ4n) is 5.84. The Morgan fingerprint density at radius 1 is 0.526 bits per heavy atom. The Balaban J connectivity index is 1.29. The van der Waals surface area contributed by atoms with Gasteiger partial charge in [0, 0.05) is 52.4 Å². The van der Waals surface area contributed by atoms with Gasteiger partial charge in [-0.1, -0.05) is 59.0 Å². The van der Waals surface area contributed by atoms with E-state index in [0.717, 1.165) is 74.4 Å². The molecular weight excluding hydrogens is 476 g/mol. The molecule has 0 spiro atoms. The number of piperazine rings is 2. The Morgan fingerprint density at radius 2 is 0.921 bits per heavy atom. The van der Waals surface area contributed by atoms with Crippen molar-refractivity contribution < 1.29 is 0 Å². The molecule has 38 heavy (non-hydrogen) atoms. The van der Waals surface area contributed by atoms with Gasteiger partial charge in [0.25, 0.3) is 0 Å². The van der Waals surface area contributed by atoms with E-state index in [1.54, 1.807) is 0 Å². The van der Waals surface area contributed by atoms with Crippen LogP contribution in [0.1, 0.15) is 23.5 Å². The summed E-state index contributed by atoms with van der Waals surface area (Å²) in [5, 5.41) is 25.1. The Morgan fingerprint density at radius 3 is 1.34 bits per heavy atom. The largest absolute Gasteiger partial charge is 0.314 e. The maximum atomic E-state index is 4.62. The highest BCUT2D eigenvalue weighted by Crippen LogP contribution is 2.30. The van der Waals surface area contributed by atoms with E-state index in [1.165, 1.54) is 11.1 Å². The second-order valence-electron chi connectivity index (χ2n) is 10.0. The van der Waals surface area contributed by atoms with Gasteiger partial charge < -0.3 is 10.6 Å². The van der Waals surface area contributed by atoms with Gasteiger partial charge in [0.2, 0.25) is 0 Å². The lowest BCUT2D eigenvalue weighted by Gasteiger charge is -2.36. The number of rotatable bonds is 6. The van der Waals surface area contributed by atoms with Crippen LogP contribution in [0.25, 0.3) is 22.1 Å². The fraction of sp³-hybridized carbons (Fsp3) is 0.357. The first-order valence-electron chi connectivity index (χ1n) is 13.5. The predicted molar refractivity (Wildman–Crippen MR) is 147 cm³/mol. The molecule has 0 amide bonds. The molecule has 4 heterocycles. The van der Waals surface area contributed by atoms with Gasteiger partial charge in [-0.25, -0.2) is 9.36 Å². The lowest BCUT2D eigenvalue weighted by atomic mass is 10.0. The number of nitrogens with zero attached hydrogens (tertiary/aromatic N) is 8. The summed E-state index contributed by atoms with van der Waals surface area (Å²) < 4.78 is 4.16. The van der Waals surface area contributed by atoms with Crippen molar-refractivity contribution in [3.8, 4) is 0 Å². The zero-order valence-corrected chi connectivity index (χ0v) is 21.3. The third-order valence-electron chi connectivity index (χ3n) is 7.75. The van der Waals surface area contributed by atoms with Crippen molar-refractivity contribution in [1.82, 2.24) is 50.4 Å². The second-order valence-corrected chi connectivity index (χ2v) is 10.0. The average Bonchev–Trinajstić information content (AvgIpc) is 3.61. The highest BCUT2D eigenvalue weighted by Gasteiger charge is 2.29. The minimum Gasteiger partial charge on any atom is -0.314 e. The Kier molecular flexibility index (Phi) is 6.30. The van der Waals surface area contributed by atoms with Gasteiger partial charge in [0.1, 0.15) is 23.4 Å². The molecule has 10 nitrogen and oxygen atoms in total. The van der Waals surface area contributed by atoms with Gasteiger partial charge in [-0.05, 0) is 35.4 Å². The highest BCUT2D eigenvalue weighted by molar-refractivity contribution is 5.75. The monoisotopic (exact) mass is 508 g/mol. The minimum atomic E-state index is -0.0246. The summed E-state index contributed by atoms with van der Waals surface area (Å²) in [7, 11) is 0. The van der Waals surface area contributed by atoms with Crippen LogP contribution in [0.2, 0.25) is 0 Å². The third kappa shape index (κ3) is 4.25. The molecule has 2 fully saturated rings. The molecular formula is C28H32N10. The van der Waals surface area contributed by atoms with Crippen molar-refractivity contribution >= 4 is 22.1 Å². The van der Waals surface area contributed by atoms with Crippen molar-refractivity contribution in [2.24, 2.45) is 0 Å². The molecule has 10 heteroatoms. The molecule has 0 bridgehead atoms. The van der Waals surface area contributed by atoms with Crippen LogP contribution in [0.3, 0.4) is 0 Å². The maximum absolute atomic E-state index is 4.62. The molecule has 194 valence electrons. The molecule has 2 unspecified atom stereocenters. The highest BCUT2D eigenvalue weighted by atomic mass is 15.5. The molecule has 0 aliphatic carbocycles. The molecule has 2 saturated heterocycles. The molecule has 0 radical (unpaired) electrons. The second kappa shape index (κ2) is 10.2. The van der Waals surface area contributed by atoms with Crippen molar-refractivity contribution in [2.45, 2.75) is 12.3 Å². The standard InChI is InChI=1S/C28H32N10/c1-3-7-25-23(5-1)31-33-37(25)27(35-17-13-29-14-18-35)21-9-11-22(12-10-21)28(36-19-15-30-16-20-36)38-26-8-4-2-6-24(26)32-34-38/h1-12,27-30H,13-20H2. The van der Waals surface area contributed by atoms with Gasteiger partial charge in [0.15, 0.2) is 0 Å². The molecule has 2 aliphatic rings. The fourth-order valence-corrected chi connectivity index (χ4v) is 5.84. The van der Waals surface area contributed by atoms with Crippen molar-refractivity contribution in [3.63, 3.8) is 0 Å². The van der Waals surface area contributed by atoms with Gasteiger partial charge in [-0.2, -0.15) is 0 Å². The predicted octanol–water partition coefficient (Wildman–Crippen LogP) is 2.08. The topological polar surface area (TPSA) is 92.0 Å². The van der Waals surface area contributed by atoms with Crippen molar-refractivity contribution in [3.05, 3.63) is 83.9 Å². The number of para-hydroxylation sites is 2. The third-order valence-corrected chi connectivity index (χ3v) is 7.75. The quantitative estimate of drug-likeness (QED) is 0.360. The van der Waals surface area contributed by atoms with Crippen LogP contribution < -0.4 is 10.6 Å². The van der Waals surface area contributed by atoms with E-state index in [1.807, 2.05) is 24.3 Å². The van der Waals surface area contributed by atoms with Crippen LogP contribution in [-0.2, 0) is 0 Å². The molecule has 2 aliphatic heterocycles. The van der Waals surface area contributed by atoms with E-state index in [4.69, 9.17) is 0 Å². The van der Waals surface area contributed by atoms with Crippen molar-refractivity contribution in [2.75, 3.05) is 52.4 Å². The molecule has 2 atom stereocenters. The Labute approximate surface area is 221 Å². The zero-order chi connectivity index (χ0) is 25.3. The molecule has 0 saturated carbocycles. The number of nitrogens with one attached hydrogen (secondary N) is 2. The minimum absolute atomic E-state index is 0.0246. The molecule has 2 N–H and O–H groups in total. The smallest absolute Gasteiger partial charge is 0.132 e. The first-order valence-corrected chi connectivity index (χ1v) is 13.5. The van der Waals surface area contributed by atoms with Crippen LogP contribution in [0.5, 0.6) is 0 Å². The van der Waals surface area contributed by atoms with Gasteiger partial charge >= 0.3 is 0 Å². The van der Waals surface area contributed by atoms with E-state index in [0.29, 0.717) is 0 Å². The normalized spacial score (nSPS) is 19.2. The van der Waals surface area contributed by atoms with E-state index in [-0.39, 0.29) is 12.3 Å². The van der Waals surface area contributed by atoms with E-state index < -0.39 is 0 Å². The SMILES string of the molecule is c1ccc2c(c1)nnn2C(c1ccc(C(N2CCNCC2)n2nnc3ccccc32)cc1)N1CCNCC1. The van der Waals surface area contributed by atoms with Crippen LogP contribution in [-0.4, -0.2) is 92.1 Å². The lowest BCUT2D eigenvalue weighted by molar-refractivity contribution is 0.140. The molecule has 2 aromatic heterocycles. The summed E-state index contributed by atoms with van der Waals surface area (Å²) in [6, 6.07) is 25.4. The molecule has 3 aromatic carbocycles. The number of benzene rings is 3. The van der Waals surface area contributed by atoms with Crippen LogP contribution in [0.4, 0.5) is 0 Å². The van der Waals surface area contributed by atoms with Crippen LogP contribution in [0, 0.1) is 0 Å². The average molecular weight is 509 g/mol. The first-order chi connectivity index (χ1) is 18.9.